The Balaban J connectivity index is 1.61. The second-order valence-electron chi connectivity index (χ2n) is 6.78. The van der Waals surface area contributed by atoms with E-state index in [9.17, 15) is 8.42 Å². The van der Waals surface area contributed by atoms with Gasteiger partial charge in [0.15, 0.2) is 0 Å². The van der Waals surface area contributed by atoms with E-state index in [0.717, 1.165) is 29.7 Å². The molecule has 1 saturated heterocycles. The summed E-state index contributed by atoms with van der Waals surface area (Å²) in [5.74, 6) is 0.988. The Hall–Kier alpha value is -2.25. The van der Waals surface area contributed by atoms with E-state index in [2.05, 4.69) is 14.5 Å². The van der Waals surface area contributed by atoms with Crippen molar-refractivity contribution in [2.24, 2.45) is 0 Å². The summed E-state index contributed by atoms with van der Waals surface area (Å²) in [6.07, 6.45) is 5.09. The molecule has 0 atom stereocenters. The van der Waals surface area contributed by atoms with Gasteiger partial charge in [-0.05, 0) is 38.8 Å². The first-order valence-electron chi connectivity index (χ1n) is 8.83. The van der Waals surface area contributed by atoms with Gasteiger partial charge < -0.3 is 4.57 Å². The van der Waals surface area contributed by atoms with E-state index in [0.29, 0.717) is 29.5 Å². The summed E-state index contributed by atoms with van der Waals surface area (Å²) in [5, 5.41) is 0.841. The van der Waals surface area contributed by atoms with Crippen LogP contribution in [0.3, 0.4) is 0 Å². The van der Waals surface area contributed by atoms with E-state index in [1.54, 1.807) is 22.6 Å². The number of sulfonamides is 1. The van der Waals surface area contributed by atoms with Crippen molar-refractivity contribution in [3.05, 3.63) is 54.2 Å². The molecule has 0 spiro atoms. The summed E-state index contributed by atoms with van der Waals surface area (Å²) < 4.78 is 30.2. The van der Waals surface area contributed by atoms with Crippen LogP contribution in [0, 0.1) is 13.8 Å². The largest absolute Gasteiger partial charge is 0.329 e. The zero-order valence-electron chi connectivity index (χ0n) is 15.0. The van der Waals surface area contributed by atoms with Gasteiger partial charge in [0.25, 0.3) is 0 Å². The molecule has 1 aromatic carbocycles. The molecule has 3 heterocycles. The summed E-state index contributed by atoms with van der Waals surface area (Å²) in [6, 6.07) is 9.33. The second-order valence-corrected chi connectivity index (χ2v) is 8.69. The lowest BCUT2D eigenvalue weighted by atomic mass is 10.1. The van der Waals surface area contributed by atoms with Gasteiger partial charge in [0.1, 0.15) is 10.7 Å². The van der Waals surface area contributed by atoms with Crippen molar-refractivity contribution in [2.45, 2.75) is 37.6 Å². The molecule has 1 fully saturated rings. The first kappa shape index (κ1) is 17.2. The number of nitrogens with zero attached hydrogens (tertiary/aromatic N) is 4. The van der Waals surface area contributed by atoms with Gasteiger partial charge in [-0.25, -0.2) is 13.4 Å². The van der Waals surface area contributed by atoms with Crippen molar-refractivity contribution in [3.63, 3.8) is 0 Å². The molecule has 0 saturated carbocycles. The van der Waals surface area contributed by atoms with E-state index in [1.807, 2.05) is 38.2 Å². The number of rotatable bonds is 3. The minimum Gasteiger partial charge on any atom is -0.329 e. The number of para-hydroxylation sites is 1. The fourth-order valence-corrected chi connectivity index (χ4v) is 5.52. The lowest BCUT2D eigenvalue weighted by Crippen LogP contribution is -2.39. The van der Waals surface area contributed by atoms with Gasteiger partial charge >= 0.3 is 0 Å². The molecule has 0 unspecified atom stereocenters. The highest BCUT2D eigenvalue weighted by atomic mass is 32.2. The molecule has 136 valence electrons. The fourth-order valence-electron chi connectivity index (χ4n) is 3.88. The minimum absolute atomic E-state index is 0.295. The Bertz CT molecular complexity index is 1030. The highest BCUT2D eigenvalue weighted by Gasteiger charge is 2.32. The van der Waals surface area contributed by atoms with Crippen molar-refractivity contribution < 1.29 is 8.42 Å². The molecular weight excluding hydrogens is 348 g/mol. The van der Waals surface area contributed by atoms with Crippen molar-refractivity contribution in [1.29, 1.82) is 0 Å². The number of imidazole rings is 1. The maximum Gasteiger partial charge on any atom is 0.245 e. The summed E-state index contributed by atoms with van der Waals surface area (Å²) in [5.41, 5.74) is 1.67. The van der Waals surface area contributed by atoms with Crippen LogP contribution in [0.2, 0.25) is 0 Å². The Kier molecular flexibility index (Phi) is 4.28. The molecule has 0 radical (unpaired) electrons. The minimum atomic E-state index is -3.56. The van der Waals surface area contributed by atoms with Crippen LogP contribution in [-0.2, 0) is 10.0 Å². The summed E-state index contributed by atoms with van der Waals surface area (Å²) in [6.45, 7) is 5.06. The molecule has 4 rings (SSSR count). The van der Waals surface area contributed by atoms with Gasteiger partial charge in [0, 0.05) is 42.6 Å². The van der Waals surface area contributed by atoms with E-state index in [1.165, 1.54) is 0 Å². The zero-order chi connectivity index (χ0) is 18.3. The number of piperidine rings is 1. The van der Waals surface area contributed by atoms with Gasteiger partial charge in [-0.15, -0.1) is 0 Å². The Morgan fingerprint density at radius 1 is 1.04 bits per heavy atom. The molecule has 2 aromatic heterocycles. The van der Waals surface area contributed by atoms with E-state index in [4.69, 9.17) is 0 Å². The lowest BCUT2D eigenvalue weighted by molar-refractivity contribution is 0.269. The number of hydrogen-bond donors (Lipinski definition) is 0. The van der Waals surface area contributed by atoms with Gasteiger partial charge in [0.05, 0.1) is 5.52 Å². The molecule has 26 heavy (non-hydrogen) atoms. The first-order chi connectivity index (χ1) is 12.5. The van der Waals surface area contributed by atoms with Crippen molar-refractivity contribution in [3.8, 4) is 0 Å². The highest BCUT2D eigenvalue weighted by Crippen LogP contribution is 2.30. The monoisotopic (exact) mass is 370 g/mol. The third-order valence-corrected chi connectivity index (χ3v) is 7.10. The van der Waals surface area contributed by atoms with Crippen molar-refractivity contribution in [2.75, 3.05) is 13.1 Å². The number of hydrogen-bond acceptors (Lipinski definition) is 4. The normalized spacial score (nSPS) is 17.0. The van der Waals surface area contributed by atoms with Crippen LogP contribution in [0.5, 0.6) is 0 Å². The average molecular weight is 370 g/mol. The molecule has 1 aliphatic heterocycles. The van der Waals surface area contributed by atoms with Crippen LogP contribution in [0.4, 0.5) is 0 Å². The smallest absolute Gasteiger partial charge is 0.245 e. The molecule has 7 heteroatoms. The molecule has 0 bridgehead atoms. The predicted octanol–water partition coefficient (Wildman–Crippen LogP) is 3.07. The summed E-state index contributed by atoms with van der Waals surface area (Å²) >= 11 is 0. The maximum absolute atomic E-state index is 13.2. The molecule has 6 nitrogen and oxygen atoms in total. The fraction of sp³-hybridized carbons (Fsp3) is 0.368. The lowest BCUT2D eigenvalue weighted by Gasteiger charge is -2.33. The Labute approximate surface area is 153 Å². The van der Waals surface area contributed by atoms with Gasteiger partial charge in [-0.3, -0.25) is 4.98 Å². The standard InChI is InChI=1S/C19H22N4O2S/c1-14-13-21-15(2)23(14)17-8-11-22(12-9-17)26(24,25)18-7-3-5-16-6-4-10-20-19(16)18/h3-7,10,13,17H,8-9,11-12H2,1-2H3. The van der Waals surface area contributed by atoms with Crippen molar-refractivity contribution >= 4 is 20.9 Å². The van der Waals surface area contributed by atoms with Crippen LogP contribution in [0.25, 0.3) is 10.9 Å². The average Bonchev–Trinajstić information content (AvgIpc) is 2.99. The van der Waals surface area contributed by atoms with Gasteiger partial charge in [-0.2, -0.15) is 4.31 Å². The molecule has 3 aromatic rings. The quantitative estimate of drug-likeness (QED) is 0.710. The topological polar surface area (TPSA) is 68.1 Å². The number of aryl methyl sites for hydroxylation is 2. The predicted molar refractivity (Wildman–Crippen MR) is 100 cm³/mol. The number of aromatic nitrogens is 3. The first-order valence-corrected chi connectivity index (χ1v) is 10.3. The highest BCUT2D eigenvalue weighted by molar-refractivity contribution is 7.89. The number of benzene rings is 1. The number of fused-ring (bicyclic) bond motifs is 1. The van der Waals surface area contributed by atoms with Gasteiger partial charge in [-0.1, -0.05) is 18.2 Å². The Morgan fingerprint density at radius 3 is 2.46 bits per heavy atom. The van der Waals surface area contributed by atoms with Crippen molar-refractivity contribution in [1.82, 2.24) is 18.8 Å². The molecular formula is C19H22N4O2S. The third kappa shape index (κ3) is 2.81. The van der Waals surface area contributed by atoms with E-state index < -0.39 is 10.0 Å². The van der Waals surface area contributed by atoms with Crippen LogP contribution in [0.1, 0.15) is 30.4 Å². The van der Waals surface area contributed by atoms with E-state index >= 15 is 0 Å². The molecule has 0 N–H and O–H groups in total. The number of pyridine rings is 1. The second kappa shape index (κ2) is 6.48. The van der Waals surface area contributed by atoms with Crippen LogP contribution < -0.4 is 0 Å². The third-order valence-electron chi connectivity index (χ3n) is 5.17. The molecule has 0 amide bonds. The maximum atomic E-state index is 13.2. The van der Waals surface area contributed by atoms with Crippen LogP contribution >= 0.6 is 0 Å². The van der Waals surface area contributed by atoms with Gasteiger partial charge in [0.2, 0.25) is 10.0 Å². The Morgan fingerprint density at radius 2 is 1.77 bits per heavy atom. The summed E-state index contributed by atoms with van der Waals surface area (Å²) in [4.78, 5) is 8.96. The van der Waals surface area contributed by atoms with Crippen LogP contribution in [-0.4, -0.2) is 40.3 Å². The SMILES string of the molecule is Cc1cnc(C)n1C1CCN(S(=O)(=O)c2cccc3cccnc23)CC1. The molecule has 0 aliphatic carbocycles. The summed E-state index contributed by atoms with van der Waals surface area (Å²) in [7, 11) is -3.56. The van der Waals surface area contributed by atoms with Crippen LogP contribution in [0.15, 0.2) is 47.6 Å². The molecule has 1 aliphatic rings. The zero-order valence-corrected chi connectivity index (χ0v) is 15.8. The van der Waals surface area contributed by atoms with E-state index in [-0.39, 0.29) is 0 Å².